The molecule has 0 rings (SSSR count). The highest BCUT2D eigenvalue weighted by atomic mass is 127. The Kier molecular flexibility index (Phi) is 19.9. The van der Waals surface area contributed by atoms with Crippen LogP contribution in [0, 0.1) is 0 Å². The first-order valence-electron chi connectivity index (χ1n) is 8.00. The molecule has 0 aliphatic carbocycles. The summed E-state index contributed by atoms with van der Waals surface area (Å²) in [6.45, 7) is 10.2. The van der Waals surface area contributed by atoms with Gasteiger partial charge in [-0.25, -0.2) is 0 Å². The molecule has 0 unspecified atom stereocenters. The average Bonchev–Trinajstić information content (AvgIpc) is 2.47. The van der Waals surface area contributed by atoms with Crippen LogP contribution in [-0.2, 0) is 14.3 Å². The van der Waals surface area contributed by atoms with Gasteiger partial charge in [-0.2, -0.15) is 0 Å². The number of guanidine groups is 1. The van der Waals surface area contributed by atoms with Gasteiger partial charge in [-0.05, 0) is 40.0 Å². The molecule has 0 aromatic heterocycles. The van der Waals surface area contributed by atoms with Crippen molar-refractivity contribution in [2.24, 2.45) is 4.99 Å². The van der Waals surface area contributed by atoms with E-state index >= 15 is 0 Å². The van der Waals surface area contributed by atoms with Crippen molar-refractivity contribution >= 4 is 35.9 Å². The monoisotopic (exact) mass is 429 g/mol. The first-order valence-corrected chi connectivity index (χ1v) is 8.00. The summed E-state index contributed by atoms with van der Waals surface area (Å²) in [7, 11) is 0. The van der Waals surface area contributed by atoms with E-state index in [1.165, 1.54) is 0 Å². The number of ether oxygens (including phenoxy) is 2. The molecule has 0 saturated heterocycles. The molecule has 0 spiro atoms. The zero-order chi connectivity index (χ0) is 15.8. The van der Waals surface area contributed by atoms with Crippen LogP contribution in [0.1, 0.15) is 46.5 Å². The summed E-state index contributed by atoms with van der Waals surface area (Å²) in [6, 6.07) is 0. The average molecular weight is 429 g/mol. The molecule has 0 atom stereocenters. The number of carbonyl (C=O) groups is 1. The molecule has 0 fully saturated rings. The predicted molar refractivity (Wildman–Crippen MR) is 101 cm³/mol. The van der Waals surface area contributed by atoms with Gasteiger partial charge in [-0.1, -0.05) is 0 Å². The Hall–Kier alpha value is -0.570. The molecular weight excluding hydrogens is 397 g/mol. The quantitative estimate of drug-likeness (QED) is 0.164. The van der Waals surface area contributed by atoms with Crippen molar-refractivity contribution in [3.8, 4) is 0 Å². The van der Waals surface area contributed by atoms with Crippen molar-refractivity contribution in [2.45, 2.75) is 46.5 Å². The highest BCUT2D eigenvalue weighted by Gasteiger charge is 2.01. The van der Waals surface area contributed by atoms with E-state index < -0.39 is 0 Å². The number of hydrogen-bond acceptors (Lipinski definition) is 4. The van der Waals surface area contributed by atoms with E-state index in [1.54, 1.807) is 0 Å². The maximum atomic E-state index is 11.2. The van der Waals surface area contributed by atoms with Crippen LogP contribution in [0.3, 0.4) is 0 Å². The number of nitrogens with one attached hydrogen (secondary N) is 2. The van der Waals surface area contributed by atoms with E-state index in [2.05, 4.69) is 15.6 Å². The summed E-state index contributed by atoms with van der Waals surface area (Å²) in [6.07, 6.45) is 3.22. The number of carbonyl (C=O) groups excluding carboxylic acids is 1. The Morgan fingerprint density at radius 2 is 1.82 bits per heavy atom. The second kappa shape index (κ2) is 18.5. The van der Waals surface area contributed by atoms with Crippen LogP contribution < -0.4 is 10.6 Å². The van der Waals surface area contributed by atoms with Gasteiger partial charge in [0.25, 0.3) is 0 Å². The first kappa shape index (κ1) is 23.7. The highest BCUT2D eigenvalue weighted by Crippen LogP contribution is 1.94. The fraction of sp³-hybridized carbons (Fsp3) is 0.867. The van der Waals surface area contributed by atoms with Gasteiger partial charge in [0, 0.05) is 39.3 Å². The van der Waals surface area contributed by atoms with Crippen LogP contribution in [0.2, 0.25) is 0 Å². The fourth-order valence-corrected chi connectivity index (χ4v) is 1.67. The molecule has 0 aliphatic heterocycles. The summed E-state index contributed by atoms with van der Waals surface area (Å²) < 4.78 is 10.2. The number of unbranched alkanes of at least 4 members (excludes halogenated alkanes) is 1. The largest absolute Gasteiger partial charge is 0.466 e. The van der Waals surface area contributed by atoms with Crippen molar-refractivity contribution in [2.75, 3.05) is 39.5 Å². The summed E-state index contributed by atoms with van der Waals surface area (Å²) in [4.78, 5) is 15.6. The summed E-state index contributed by atoms with van der Waals surface area (Å²) in [5.41, 5.74) is 0. The molecule has 22 heavy (non-hydrogen) atoms. The lowest BCUT2D eigenvalue weighted by Crippen LogP contribution is -2.38. The van der Waals surface area contributed by atoms with Crippen molar-refractivity contribution in [3.63, 3.8) is 0 Å². The molecule has 0 radical (unpaired) electrons. The maximum Gasteiger partial charge on any atom is 0.305 e. The smallest absolute Gasteiger partial charge is 0.305 e. The molecule has 132 valence electrons. The molecule has 6 nitrogen and oxygen atoms in total. The van der Waals surface area contributed by atoms with Gasteiger partial charge in [0.15, 0.2) is 5.96 Å². The van der Waals surface area contributed by atoms with Gasteiger partial charge in [0.2, 0.25) is 0 Å². The van der Waals surface area contributed by atoms with Gasteiger partial charge in [-0.3, -0.25) is 9.79 Å². The van der Waals surface area contributed by atoms with E-state index in [1.807, 2.05) is 20.8 Å². The minimum Gasteiger partial charge on any atom is -0.466 e. The van der Waals surface area contributed by atoms with Gasteiger partial charge < -0.3 is 20.1 Å². The molecule has 0 aliphatic rings. The lowest BCUT2D eigenvalue weighted by molar-refractivity contribution is -0.143. The number of rotatable bonds is 12. The second-order valence-electron chi connectivity index (χ2n) is 4.50. The number of halogens is 1. The van der Waals surface area contributed by atoms with Gasteiger partial charge in [0.1, 0.15) is 0 Å². The van der Waals surface area contributed by atoms with Crippen LogP contribution in [-0.4, -0.2) is 51.4 Å². The van der Waals surface area contributed by atoms with E-state index in [-0.39, 0.29) is 29.9 Å². The molecule has 0 saturated carbocycles. The topological polar surface area (TPSA) is 72.0 Å². The normalized spacial score (nSPS) is 10.8. The number of aliphatic imine (C=N–C) groups is 1. The third kappa shape index (κ3) is 15.8. The Morgan fingerprint density at radius 3 is 2.45 bits per heavy atom. The fourth-order valence-electron chi connectivity index (χ4n) is 1.67. The number of hydrogen-bond donors (Lipinski definition) is 2. The molecule has 0 heterocycles. The van der Waals surface area contributed by atoms with Crippen molar-refractivity contribution in [1.82, 2.24) is 10.6 Å². The van der Waals surface area contributed by atoms with Crippen molar-refractivity contribution in [1.29, 1.82) is 0 Å². The molecule has 0 amide bonds. The van der Waals surface area contributed by atoms with Crippen molar-refractivity contribution < 1.29 is 14.3 Å². The molecular formula is C15H32IN3O3. The zero-order valence-corrected chi connectivity index (χ0v) is 16.5. The van der Waals surface area contributed by atoms with Crippen molar-refractivity contribution in [3.05, 3.63) is 0 Å². The van der Waals surface area contributed by atoms with Crippen LogP contribution in [0.15, 0.2) is 4.99 Å². The van der Waals surface area contributed by atoms with E-state index in [4.69, 9.17) is 9.47 Å². The summed E-state index contributed by atoms with van der Waals surface area (Å²) in [5, 5.41) is 6.47. The Balaban J connectivity index is 0. The molecule has 0 aromatic carbocycles. The van der Waals surface area contributed by atoms with E-state index in [0.717, 1.165) is 45.1 Å². The van der Waals surface area contributed by atoms with Crippen LogP contribution >= 0.6 is 24.0 Å². The number of esters is 1. The Labute approximate surface area is 151 Å². The predicted octanol–water partition coefficient (Wildman–Crippen LogP) is 2.32. The zero-order valence-electron chi connectivity index (χ0n) is 14.2. The third-order valence-corrected chi connectivity index (χ3v) is 2.67. The van der Waals surface area contributed by atoms with Gasteiger partial charge >= 0.3 is 5.97 Å². The number of nitrogens with zero attached hydrogens (tertiary/aromatic N) is 1. The van der Waals surface area contributed by atoms with E-state index in [0.29, 0.717) is 26.0 Å². The van der Waals surface area contributed by atoms with Crippen LogP contribution in [0.5, 0.6) is 0 Å². The lowest BCUT2D eigenvalue weighted by atomic mass is 10.3. The van der Waals surface area contributed by atoms with Gasteiger partial charge in [-0.15, -0.1) is 24.0 Å². The molecule has 7 heteroatoms. The molecule has 2 N–H and O–H groups in total. The minimum atomic E-state index is -0.151. The summed E-state index contributed by atoms with van der Waals surface area (Å²) in [5.74, 6) is 0.652. The molecule has 0 aromatic rings. The van der Waals surface area contributed by atoms with Crippen LogP contribution in [0.25, 0.3) is 0 Å². The first-order chi connectivity index (χ1) is 10.2. The standard InChI is InChI=1S/C15H31N3O3.HI/c1-4-16-15(17-11-7-8-13-20-5-2)18-12-9-10-14(19)21-6-3;/h4-13H2,1-3H3,(H2,16,17,18);1H. The molecule has 0 bridgehead atoms. The second-order valence-corrected chi connectivity index (χ2v) is 4.50. The summed E-state index contributed by atoms with van der Waals surface area (Å²) >= 11 is 0. The highest BCUT2D eigenvalue weighted by molar-refractivity contribution is 14.0. The Bertz CT molecular complexity index is 289. The maximum absolute atomic E-state index is 11.2. The Morgan fingerprint density at radius 1 is 1.05 bits per heavy atom. The minimum absolute atomic E-state index is 0. The van der Waals surface area contributed by atoms with Gasteiger partial charge in [0.05, 0.1) is 6.61 Å². The lowest BCUT2D eigenvalue weighted by Gasteiger charge is -2.11. The SMILES string of the molecule is CCNC(=NCCCC(=O)OCC)NCCCCOCC.I. The van der Waals surface area contributed by atoms with E-state index in [9.17, 15) is 4.79 Å². The third-order valence-electron chi connectivity index (χ3n) is 2.67. The van der Waals surface area contributed by atoms with Crippen LogP contribution in [0.4, 0.5) is 0 Å².